The third kappa shape index (κ3) is 4.75. The Morgan fingerprint density at radius 3 is 2.78 bits per heavy atom. The molecule has 188 valence electrons. The molecular weight excluding hydrogens is 517 g/mol. The van der Waals surface area contributed by atoms with E-state index in [9.17, 15) is 27.9 Å². The Morgan fingerprint density at radius 2 is 2.03 bits per heavy atom. The molecule has 3 heterocycles. The highest BCUT2D eigenvalue weighted by Crippen LogP contribution is 2.36. The number of benzene rings is 2. The summed E-state index contributed by atoms with van der Waals surface area (Å²) >= 11 is 6.58. The third-order valence-corrected chi connectivity index (χ3v) is 7.35. The minimum Gasteiger partial charge on any atom is -0.391 e. The quantitative estimate of drug-likeness (QED) is 0.477. The van der Waals surface area contributed by atoms with Crippen LogP contribution in [0.3, 0.4) is 0 Å². The number of piperidine rings is 1. The second-order valence-electron chi connectivity index (χ2n) is 8.60. The summed E-state index contributed by atoms with van der Waals surface area (Å²) in [6.45, 7) is 0.847. The van der Waals surface area contributed by atoms with Gasteiger partial charge in [-0.2, -0.15) is 18.3 Å². The van der Waals surface area contributed by atoms with Crippen molar-refractivity contribution in [1.82, 2.24) is 20.0 Å². The fourth-order valence-electron chi connectivity index (χ4n) is 4.44. The number of rotatable bonds is 4. The number of nitrogens with one attached hydrogen (secondary N) is 1. The van der Waals surface area contributed by atoms with E-state index in [0.29, 0.717) is 36.0 Å². The molecule has 2 N–H and O–H groups in total. The van der Waals surface area contributed by atoms with Crippen LogP contribution in [0.25, 0.3) is 17.0 Å². The Labute approximate surface area is 212 Å². The Bertz CT molecular complexity index is 1390. The Morgan fingerprint density at radius 1 is 1.22 bits per heavy atom. The lowest BCUT2D eigenvalue weighted by Gasteiger charge is -2.33. The lowest BCUT2D eigenvalue weighted by molar-refractivity contribution is -0.138. The highest BCUT2D eigenvalue weighted by molar-refractivity contribution is 8.18. The van der Waals surface area contributed by atoms with Crippen molar-refractivity contribution in [3.8, 4) is 0 Å². The van der Waals surface area contributed by atoms with Crippen molar-refractivity contribution in [2.75, 3.05) is 13.1 Å². The number of aliphatic hydroxyl groups excluding tert-OH is 1. The zero-order chi connectivity index (χ0) is 25.6. The maximum atomic E-state index is 13.5. The molecule has 2 aliphatic rings. The molecule has 0 bridgehead atoms. The Balaban J connectivity index is 1.40. The van der Waals surface area contributed by atoms with Gasteiger partial charge < -0.3 is 10.4 Å². The number of halogens is 4. The summed E-state index contributed by atoms with van der Waals surface area (Å²) in [5.74, 6) is -0.462. The second kappa shape index (κ2) is 9.55. The molecule has 2 aliphatic heterocycles. The van der Waals surface area contributed by atoms with Crippen molar-refractivity contribution in [3.63, 3.8) is 0 Å². The molecule has 2 fully saturated rings. The van der Waals surface area contributed by atoms with Crippen LogP contribution >= 0.6 is 23.4 Å². The predicted octanol–water partition coefficient (Wildman–Crippen LogP) is 4.52. The van der Waals surface area contributed by atoms with Gasteiger partial charge in [0.2, 0.25) is 0 Å². The van der Waals surface area contributed by atoms with E-state index in [2.05, 4.69) is 10.4 Å². The number of thioether (sulfide) groups is 1. The van der Waals surface area contributed by atoms with Gasteiger partial charge in [0.15, 0.2) is 0 Å². The Hall–Kier alpha value is -2.86. The number of nitrogens with zero attached hydrogens (tertiary/aromatic N) is 3. The molecule has 0 aliphatic carbocycles. The first-order chi connectivity index (χ1) is 17.1. The van der Waals surface area contributed by atoms with E-state index in [4.69, 9.17) is 11.6 Å². The molecule has 1 aromatic heterocycles. The monoisotopic (exact) mass is 536 g/mol. The van der Waals surface area contributed by atoms with Crippen molar-refractivity contribution in [3.05, 3.63) is 69.2 Å². The van der Waals surface area contributed by atoms with E-state index in [0.717, 1.165) is 22.7 Å². The second-order valence-corrected chi connectivity index (χ2v) is 10.0. The van der Waals surface area contributed by atoms with Crippen molar-refractivity contribution >= 4 is 51.5 Å². The normalized spacial score (nSPS) is 22.2. The van der Waals surface area contributed by atoms with Crippen molar-refractivity contribution < 1.29 is 27.9 Å². The van der Waals surface area contributed by atoms with E-state index in [1.807, 2.05) is 0 Å². The molecular formula is C24H20ClF3N4O3S. The summed E-state index contributed by atoms with van der Waals surface area (Å²) in [4.78, 5) is 26.8. The average molecular weight is 537 g/mol. The number of carbonyl (C=O) groups excluding carboxylic acids is 2. The van der Waals surface area contributed by atoms with Gasteiger partial charge in [-0.25, -0.2) is 0 Å². The third-order valence-electron chi connectivity index (χ3n) is 6.23. The highest BCUT2D eigenvalue weighted by Gasteiger charge is 2.43. The molecule has 36 heavy (non-hydrogen) atoms. The van der Waals surface area contributed by atoms with Crippen LogP contribution in [-0.2, 0) is 17.5 Å². The SMILES string of the molecule is O=C1S/C(=C\c2ccc3c(cnn3Cc3ccc(Cl)cc3C(F)(F)F)c2)C(=O)N1[C@H]1CNCC[C@@H]1O. The first kappa shape index (κ1) is 24.8. The average Bonchev–Trinajstić information content (AvgIpc) is 3.34. The van der Waals surface area contributed by atoms with Crippen LogP contribution in [0.1, 0.15) is 23.1 Å². The maximum absolute atomic E-state index is 13.5. The summed E-state index contributed by atoms with van der Waals surface area (Å²) < 4.78 is 41.9. The number of hydrogen-bond acceptors (Lipinski definition) is 6. The van der Waals surface area contributed by atoms with E-state index in [-0.39, 0.29) is 22.0 Å². The van der Waals surface area contributed by atoms with Crippen LogP contribution < -0.4 is 5.32 Å². The molecule has 7 nitrogen and oxygen atoms in total. The lowest BCUT2D eigenvalue weighted by Crippen LogP contribution is -2.55. The molecule has 2 saturated heterocycles. The van der Waals surface area contributed by atoms with E-state index in [1.54, 1.807) is 24.3 Å². The summed E-state index contributed by atoms with van der Waals surface area (Å²) in [6.07, 6.45) is -1.76. The molecule has 2 aromatic carbocycles. The summed E-state index contributed by atoms with van der Waals surface area (Å²) in [6, 6.07) is 8.18. The van der Waals surface area contributed by atoms with Crippen LogP contribution in [0, 0.1) is 0 Å². The molecule has 2 amide bonds. The van der Waals surface area contributed by atoms with E-state index >= 15 is 0 Å². The molecule has 0 radical (unpaired) electrons. The van der Waals surface area contributed by atoms with Crippen LogP contribution in [0.2, 0.25) is 5.02 Å². The number of alkyl halides is 3. The van der Waals surface area contributed by atoms with Crippen molar-refractivity contribution in [1.29, 1.82) is 0 Å². The van der Waals surface area contributed by atoms with Crippen LogP contribution in [0.5, 0.6) is 0 Å². The maximum Gasteiger partial charge on any atom is 0.416 e. The fourth-order valence-corrected chi connectivity index (χ4v) is 5.50. The number of hydrogen-bond donors (Lipinski definition) is 2. The lowest BCUT2D eigenvalue weighted by atomic mass is 10.0. The molecule has 5 rings (SSSR count). The summed E-state index contributed by atoms with van der Waals surface area (Å²) in [5.41, 5.74) is 0.468. The molecule has 12 heteroatoms. The van der Waals surface area contributed by atoms with Crippen LogP contribution in [-0.4, -0.2) is 56.2 Å². The van der Waals surface area contributed by atoms with Crippen LogP contribution in [0.4, 0.5) is 18.0 Å². The number of aromatic nitrogens is 2. The first-order valence-electron chi connectivity index (χ1n) is 11.1. The fraction of sp³-hybridized carbons (Fsp3) is 0.292. The van der Waals surface area contributed by atoms with Gasteiger partial charge in [-0.1, -0.05) is 23.7 Å². The Kier molecular flexibility index (Phi) is 6.58. The molecule has 0 unspecified atom stereocenters. The van der Waals surface area contributed by atoms with E-state index in [1.165, 1.54) is 23.0 Å². The zero-order valence-corrected chi connectivity index (χ0v) is 20.2. The first-order valence-corrected chi connectivity index (χ1v) is 12.3. The number of fused-ring (bicyclic) bond motifs is 1. The van der Waals surface area contributed by atoms with Gasteiger partial charge in [-0.05, 0) is 66.2 Å². The van der Waals surface area contributed by atoms with Gasteiger partial charge in [0.25, 0.3) is 11.1 Å². The highest BCUT2D eigenvalue weighted by atomic mass is 35.5. The summed E-state index contributed by atoms with van der Waals surface area (Å²) in [7, 11) is 0. The standard InChI is InChI=1S/C24H20ClF3N4O3S/c25-16-3-2-14(17(9-16)24(26,27)28)12-31-18-4-1-13(7-15(18)10-30-31)8-21-22(34)32(23(35)36-21)19-11-29-6-5-20(19)33/h1-4,7-10,19-20,29,33H,5-6,11-12H2/b21-8-/t19-,20-/m0/s1. The van der Waals surface area contributed by atoms with Crippen molar-refractivity contribution in [2.24, 2.45) is 0 Å². The molecule has 2 atom stereocenters. The smallest absolute Gasteiger partial charge is 0.391 e. The largest absolute Gasteiger partial charge is 0.416 e. The van der Waals surface area contributed by atoms with Crippen molar-refractivity contribution in [2.45, 2.75) is 31.3 Å². The predicted molar refractivity (Wildman–Crippen MR) is 130 cm³/mol. The van der Waals surface area contributed by atoms with Gasteiger partial charge in [-0.3, -0.25) is 19.2 Å². The van der Waals surface area contributed by atoms with Gasteiger partial charge in [-0.15, -0.1) is 0 Å². The van der Waals surface area contributed by atoms with Gasteiger partial charge >= 0.3 is 6.18 Å². The molecule has 0 spiro atoms. The van der Waals surface area contributed by atoms with Gasteiger partial charge in [0, 0.05) is 17.0 Å². The number of amides is 2. The minimum absolute atomic E-state index is 0.000265. The topological polar surface area (TPSA) is 87.5 Å². The summed E-state index contributed by atoms with van der Waals surface area (Å²) in [5, 5.41) is 17.8. The molecule has 3 aromatic rings. The van der Waals surface area contributed by atoms with Gasteiger partial charge in [0.05, 0.1) is 40.9 Å². The number of carbonyl (C=O) groups is 2. The van der Waals surface area contributed by atoms with Gasteiger partial charge in [0.1, 0.15) is 0 Å². The minimum atomic E-state index is -4.55. The number of aliphatic hydroxyl groups is 1. The number of imide groups is 1. The zero-order valence-electron chi connectivity index (χ0n) is 18.6. The molecule has 0 saturated carbocycles. The van der Waals surface area contributed by atoms with E-state index < -0.39 is 35.0 Å². The van der Waals surface area contributed by atoms with Crippen LogP contribution in [0.15, 0.2) is 47.5 Å².